The van der Waals surface area contributed by atoms with Crippen molar-refractivity contribution in [2.75, 3.05) is 0 Å². The number of nitrogens with zero attached hydrogens (tertiary/aromatic N) is 2. The largest absolute Gasteiger partial charge is 0.377 e. The third kappa shape index (κ3) is 4.03. The van der Waals surface area contributed by atoms with Gasteiger partial charge in [0.1, 0.15) is 0 Å². The van der Waals surface area contributed by atoms with Gasteiger partial charge in [-0.2, -0.15) is 5.10 Å². The van der Waals surface area contributed by atoms with Crippen molar-refractivity contribution in [1.82, 2.24) is 0 Å². The lowest BCUT2D eigenvalue weighted by atomic mass is 10.0. The van der Waals surface area contributed by atoms with Crippen molar-refractivity contribution < 1.29 is 0 Å². The summed E-state index contributed by atoms with van der Waals surface area (Å²) in [5.74, 6) is 0.791. The average Bonchev–Trinajstić information content (AvgIpc) is 2.63. The van der Waals surface area contributed by atoms with E-state index in [1.165, 1.54) is 33.7 Å². The number of amidine groups is 1. The first kappa shape index (κ1) is 16.3. The molecule has 0 aliphatic rings. The first-order valence-electron chi connectivity index (χ1n) is 7.75. The summed E-state index contributed by atoms with van der Waals surface area (Å²) in [4.78, 5) is 0. The van der Waals surface area contributed by atoms with Gasteiger partial charge in [0.15, 0.2) is 5.17 Å². The Hall–Kier alpha value is -2.59. The number of nitrogens with two attached hydrogens (primary N) is 1. The zero-order valence-corrected chi connectivity index (χ0v) is 14.3. The minimum absolute atomic E-state index is 0.464. The van der Waals surface area contributed by atoms with Crippen LogP contribution in [0.3, 0.4) is 0 Å². The fourth-order valence-corrected chi connectivity index (χ4v) is 3.11. The van der Waals surface area contributed by atoms with Crippen LogP contribution in [0.5, 0.6) is 0 Å². The summed E-state index contributed by atoms with van der Waals surface area (Å²) in [5, 5.41) is 11.1. The van der Waals surface area contributed by atoms with E-state index in [4.69, 9.17) is 5.73 Å². The Balaban J connectivity index is 1.71. The highest BCUT2D eigenvalue weighted by Gasteiger charge is 2.01. The van der Waals surface area contributed by atoms with Gasteiger partial charge in [-0.05, 0) is 28.8 Å². The van der Waals surface area contributed by atoms with Gasteiger partial charge in [0.05, 0.1) is 6.21 Å². The summed E-state index contributed by atoms with van der Waals surface area (Å²) in [5.41, 5.74) is 9.43. The molecule has 0 bridgehead atoms. The Labute approximate surface area is 146 Å². The molecule has 0 radical (unpaired) electrons. The van der Waals surface area contributed by atoms with Crippen molar-refractivity contribution in [3.8, 4) is 0 Å². The molecule has 4 heteroatoms. The lowest BCUT2D eigenvalue weighted by Gasteiger charge is -2.04. The highest BCUT2D eigenvalue weighted by molar-refractivity contribution is 8.13. The SMILES string of the molecule is Cc1ccc(C=NN=C(N)SCc2ccccc2)c2ccccc12. The normalized spacial score (nSPS) is 12.1. The Morgan fingerprint density at radius 1 is 0.958 bits per heavy atom. The molecule has 0 heterocycles. The second kappa shape index (κ2) is 7.79. The minimum Gasteiger partial charge on any atom is -0.377 e. The van der Waals surface area contributed by atoms with Crippen LogP contribution in [0.25, 0.3) is 10.8 Å². The molecule has 0 fully saturated rings. The first-order chi connectivity index (χ1) is 11.7. The second-order valence-electron chi connectivity index (χ2n) is 5.47. The molecule has 0 saturated carbocycles. The molecule has 0 saturated heterocycles. The molecule has 3 aromatic rings. The number of hydrogen-bond acceptors (Lipinski definition) is 3. The molecule has 3 rings (SSSR count). The van der Waals surface area contributed by atoms with Gasteiger partial charge in [-0.1, -0.05) is 78.5 Å². The zero-order valence-electron chi connectivity index (χ0n) is 13.5. The van der Waals surface area contributed by atoms with Gasteiger partial charge in [0, 0.05) is 11.3 Å². The summed E-state index contributed by atoms with van der Waals surface area (Å²) in [7, 11) is 0. The van der Waals surface area contributed by atoms with Crippen molar-refractivity contribution in [3.05, 3.63) is 83.4 Å². The molecule has 0 aliphatic heterocycles. The van der Waals surface area contributed by atoms with Gasteiger partial charge in [-0.3, -0.25) is 0 Å². The zero-order chi connectivity index (χ0) is 16.8. The molecule has 3 aromatic carbocycles. The maximum absolute atomic E-state index is 5.92. The number of rotatable bonds is 4. The molecule has 0 aromatic heterocycles. The van der Waals surface area contributed by atoms with E-state index in [1.54, 1.807) is 6.21 Å². The van der Waals surface area contributed by atoms with Crippen LogP contribution in [0.2, 0.25) is 0 Å². The van der Waals surface area contributed by atoms with Crippen LogP contribution >= 0.6 is 11.8 Å². The Kier molecular flexibility index (Phi) is 5.29. The fourth-order valence-electron chi connectivity index (χ4n) is 2.49. The van der Waals surface area contributed by atoms with Gasteiger partial charge in [-0.15, -0.1) is 5.10 Å². The third-order valence-electron chi connectivity index (χ3n) is 3.76. The third-order valence-corrected chi connectivity index (χ3v) is 4.61. The highest BCUT2D eigenvalue weighted by Crippen LogP contribution is 2.21. The standard InChI is InChI=1S/C20H19N3S/c1-15-11-12-17(19-10-6-5-9-18(15)19)13-22-23-20(21)24-14-16-7-3-2-4-8-16/h2-13H,14H2,1H3,(H2,21,23). The fraction of sp³-hybridized carbons (Fsp3) is 0.100. The molecule has 0 aliphatic carbocycles. The summed E-state index contributed by atoms with van der Waals surface area (Å²) in [6, 6.07) is 22.6. The van der Waals surface area contributed by atoms with E-state index in [1.807, 2.05) is 30.3 Å². The van der Waals surface area contributed by atoms with Crippen molar-refractivity contribution in [3.63, 3.8) is 0 Å². The number of thioether (sulfide) groups is 1. The van der Waals surface area contributed by atoms with Crippen LogP contribution < -0.4 is 5.73 Å². The summed E-state index contributed by atoms with van der Waals surface area (Å²) in [6.45, 7) is 2.11. The van der Waals surface area contributed by atoms with Gasteiger partial charge in [0.25, 0.3) is 0 Å². The maximum Gasteiger partial charge on any atom is 0.180 e. The summed E-state index contributed by atoms with van der Waals surface area (Å²) >= 11 is 1.48. The molecular weight excluding hydrogens is 314 g/mol. The number of fused-ring (bicyclic) bond motifs is 1. The second-order valence-corrected chi connectivity index (χ2v) is 6.47. The van der Waals surface area contributed by atoms with Crippen LogP contribution in [-0.2, 0) is 5.75 Å². The predicted octanol–water partition coefficient (Wildman–Crippen LogP) is 4.73. The lowest BCUT2D eigenvalue weighted by molar-refractivity contribution is 1.25. The van der Waals surface area contributed by atoms with E-state index < -0.39 is 0 Å². The molecule has 0 amide bonds. The smallest absolute Gasteiger partial charge is 0.180 e. The maximum atomic E-state index is 5.92. The quantitative estimate of drug-likeness (QED) is 0.426. The molecule has 0 spiro atoms. The van der Waals surface area contributed by atoms with Crippen molar-refractivity contribution >= 4 is 33.9 Å². The Bertz CT molecular complexity index is 886. The predicted molar refractivity (Wildman–Crippen MR) is 106 cm³/mol. The van der Waals surface area contributed by atoms with Crippen molar-refractivity contribution in [2.24, 2.45) is 15.9 Å². The van der Waals surface area contributed by atoms with Gasteiger partial charge >= 0.3 is 0 Å². The van der Waals surface area contributed by atoms with Crippen LogP contribution in [0.1, 0.15) is 16.7 Å². The summed E-state index contributed by atoms with van der Waals surface area (Å²) < 4.78 is 0. The molecule has 2 N–H and O–H groups in total. The van der Waals surface area contributed by atoms with Crippen LogP contribution in [0.15, 0.2) is 76.9 Å². The van der Waals surface area contributed by atoms with E-state index in [0.717, 1.165) is 11.3 Å². The Morgan fingerprint density at radius 2 is 1.67 bits per heavy atom. The van der Waals surface area contributed by atoms with Crippen molar-refractivity contribution in [2.45, 2.75) is 12.7 Å². The van der Waals surface area contributed by atoms with Crippen LogP contribution in [0.4, 0.5) is 0 Å². The molecule has 0 unspecified atom stereocenters. The van der Waals surface area contributed by atoms with E-state index in [-0.39, 0.29) is 0 Å². The topological polar surface area (TPSA) is 50.7 Å². The number of aryl methyl sites for hydroxylation is 1. The van der Waals surface area contributed by atoms with Gasteiger partial charge in [0.2, 0.25) is 0 Å². The first-order valence-corrected chi connectivity index (χ1v) is 8.74. The molecule has 24 heavy (non-hydrogen) atoms. The minimum atomic E-state index is 0.464. The number of benzene rings is 3. The summed E-state index contributed by atoms with van der Waals surface area (Å²) in [6.07, 6.45) is 1.76. The molecule has 3 nitrogen and oxygen atoms in total. The monoisotopic (exact) mass is 333 g/mol. The molecule has 0 atom stereocenters. The van der Waals surface area contributed by atoms with Gasteiger partial charge in [-0.25, -0.2) is 0 Å². The van der Waals surface area contributed by atoms with E-state index in [0.29, 0.717) is 5.17 Å². The highest BCUT2D eigenvalue weighted by atomic mass is 32.2. The van der Waals surface area contributed by atoms with Gasteiger partial charge < -0.3 is 5.73 Å². The van der Waals surface area contributed by atoms with E-state index >= 15 is 0 Å². The average molecular weight is 333 g/mol. The van der Waals surface area contributed by atoms with E-state index in [9.17, 15) is 0 Å². The van der Waals surface area contributed by atoms with Crippen LogP contribution in [-0.4, -0.2) is 11.4 Å². The van der Waals surface area contributed by atoms with Crippen LogP contribution in [0, 0.1) is 6.92 Å². The van der Waals surface area contributed by atoms with E-state index in [2.05, 4.69) is 53.5 Å². The van der Waals surface area contributed by atoms with Crippen molar-refractivity contribution in [1.29, 1.82) is 0 Å². The molecular formula is C20H19N3S. The lowest BCUT2D eigenvalue weighted by Crippen LogP contribution is -2.06. The molecule has 120 valence electrons. The number of hydrogen-bond donors (Lipinski definition) is 1. The Morgan fingerprint density at radius 3 is 2.46 bits per heavy atom.